The summed E-state index contributed by atoms with van der Waals surface area (Å²) in [5.41, 5.74) is 1.88. The van der Waals surface area contributed by atoms with Crippen LogP contribution >= 0.6 is 22.9 Å². The third-order valence-corrected chi connectivity index (χ3v) is 3.86. The Bertz CT molecular complexity index is 629. The Balaban J connectivity index is 2.17. The maximum atomic E-state index is 13.8. The first kappa shape index (κ1) is 14.8. The second-order valence-electron chi connectivity index (χ2n) is 4.43. The Kier molecular flexibility index (Phi) is 4.62. The standard InChI is InChI=1S/C14H14ClFN2OS/c1-8(10-5-14(15)20-7-10)17-13-6-11(18-9(2)19)3-4-12(13)16/h3-8,17H,1-2H3,(H,18,19). The van der Waals surface area contributed by atoms with Gasteiger partial charge in [-0.1, -0.05) is 11.6 Å². The number of hydrogen-bond acceptors (Lipinski definition) is 3. The lowest BCUT2D eigenvalue weighted by molar-refractivity contribution is -0.114. The van der Waals surface area contributed by atoms with Gasteiger partial charge in [0.05, 0.1) is 10.0 Å². The van der Waals surface area contributed by atoms with Gasteiger partial charge in [-0.3, -0.25) is 4.79 Å². The molecule has 1 aromatic carbocycles. The smallest absolute Gasteiger partial charge is 0.221 e. The van der Waals surface area contributed by atoms with Crippen molar-refractivity contribution in [3.63, 3.8) is 0 Å². The predicted molar refractivity (Wildman–Crippen MR) is 82.1 cm³/mol. The van der Waals surface area contributed by atoms with Crippen LogP contribution < -0.4 is 10.6 Å². The molecule has 1 atom stereocenters. The zero-order chi connectivity index (χ0) is 14.7. The lowest BCUT2D eigenvalue weighted by Crippen LogP contribution is -2.09. The first-order chi connectivity index (χ1) is 9.45. The molecule has 1 heterocycles. The van der Waals surface area contributed by atoms with Crippen LogP contribution in [-0.4, -0.2) is 5.91 Å². The quantitative estimate of drug-likeness (QED) is 0.861. The topological polar surface area (TPSA) is 41.1 Å². The summed E-state index contributed by atoms with van der Waals surface area (Å²) in [5, 5.41) is 7.63. The zero-order valence-corrected chi connectivity index (χ0v) is 12.6. The van der Waals surface area contributed by atoms with E-state index in [1.165, 1.54) is 30.4 Å². The number of rotatable bonds is 4. The van der Waals surface area contributed by atoms with Crippen molar-refractivity contribution in [1.29, 1.82) is 0 Å². The number of thiophene rings is 1. The Labute approximate surface area is 125 Å². The highest BCUT2D eigenvalue weighted by Crippen LogP contribution is 2.29. The third kappa shape index (κ3) is 3.71. The average molecular weight is 313 g/mol. The summed E-state index contributed by atoms with van der Waals surface area (Å²) in [6, 6.07) is 6.18. The van der Waals surface area contributed by atoms with Gasteiger partial charge in [-0.15, -0.1) is 11.3 Å². The van der Waals surface area contributed by atoms with Crippen LogP contribution in [0.25, 0.3) is 0 Å². The fourth-order valence-corrected chi connectivity index (χ4v) is 2.77. The third-order valence-electron chi connectivity index (χ3n) is 2.75. The summed E-state index contributed by atoms with van der Waals surface area (Å²) in [6.07, 6.45) is 0. The van der Waals surface area contributed by atoms with E-state index in [4.69, 9.17) is 11.6 Å². The molecule has 0 aliphatic carbocycles. The largest absolute Gasteiger partial charge is 0.376 e. The van der Waals surface area contributed by atoms with E-state index in [0.717, 1.165) is 5.56 Å². The van der Waals surface area contributed by atoms with Crippen molar-refractivity contribution in [2.24, 2.45) is 0 Å². The van der Waals surface area contributed by atoms with Gasteiger partial charge in [-0.25, -0.2) is 4.39 Å². The predicted octanol–water partition coefficient (Wildman–Crippen LogP) is 4.67. The zero-order valence-electron chi connectivity index (χ0n) is 11.0. The summed E-state index contributed by atoms with van der Waals surface area (Å²) in [6.45, 7) is 3.33. The normalized spacial score (nSPS) is 12.0. The Hall–Kier alpha value is -1.59. The van der Waals surface area contributed by atoms with Gasteiger partial charge in [0.25, 0.3) is 0 Å². The molecule has 106 valence electrons. The van der Waals surface area contributed by atoms with E-state index in [1.54, 1.807) is 6.07 Å². The van der Waals surface area contributed by atoms with Gasteiger partial charge in [-0.05, 0) is 42.1 Å². The highest BCUT2D eigenvalue weighted by atomic mass is 35.5. The van der Waals surface area contributed by atoms with Gasteiger partial charge in [0.1, 0.15) is 5.82 Å². The van der Waals surface area contributed by atoms with Crippen LogP contribution in [0.15, 0.2) is 29.6 Å². The SMILES string of the molecule is CC(=O)Nc1ccc(F)c(NC(C)c2csc(Cl)c2)c1. The maximum Gasteiger partial charge on any atom is 0.221 e. The van der Waals surface area contributed by atoms with Crippen molar-refractivity contribution in [3.8, 4) is 0 Å². The minimum atomic E-state index is -0.368. The average Bonchev–Trinajstić information content (AvgIpc) is 2.79. The molecule has 6 heteroatoms. The van der Waals surface area contributed by atoms with E-state index >= 15 is 0 Å². The molecular weight excluding hydrogens is 299 g/mol. The molecule has 0 aliphatic heterocycles. The van der Waals surface area contributed by atoms with Gasteiger partial charge in [0.15, 0.2) is 0 Å². The second kappa shape index (κ2) is 6.24. The van der Waals surface area contributed by atoms with Gasteiger partial charge in [0, 0.05) is 18.7 Å². The van der Waals surface area contributed by atoms with Crippen molar-refractivity contribution in [2.75, 3.05) is 10.6 Å². The van der Waals surface area contributed by atoms with Crippen molar-refractivity contribution in [3.05, 3.63) is 45.4 Å². The highest BCUT2D eigenvalue weighted by Gasteiger charge is 2.11. The summed E-state index contributed by atoms with van der Waals surface area (Å²) in [7, 11) is 0. The molecule has 3 nitrogen and oxygen atoms in total. The fraction of sp³-hybridized carbons (Fsp3) is 0.214. The number of nitrogens with one attached hydrogen (secondary N) is 2. The minimum Gasteiger partial charge on any atom is -0.376 e. The number of benzene rings is 1. The molecule has 1 unspecified atom stereocenters. The molecule has 20 heavy (non-hydrogen) atoms. The molecule has 1 aromatic heterocycles. The molecule has 2 aromatic rings. The number of amides is 1. The number of halogens is 2. The van der Waals surface area contributed by atoms with Crippen LogP contribution in [0.4, 0.5) is 15.8 Å². The van der Waals surface area contributed by atoms with Gasteiger partial charge < -0.3 is 10.6 Å². The number of carbonyl (C=O) groups is 1. The molecule has 0 aliphatic rings. The van der Waals surface area contributed by atoms with Crippen LogP contribution in [0.1, 0.15) is 25.5 Å². The van der Waals surface area contributed by atoms with Gasteiger partial charge >= 0.3 is 0 Å². The first-order valence-electron chi connectivity index (χ1n) is 6.03. The van der Waals surface area contributed by atoms with Crippen molar-refractivity contribution < 1.29 is 9.18 Å². The van der Waals surface area contributed by atoms with Gasteiger partial charge in [0.2, 0.25) is 5.91 Å². The summed E-state index contributed by atoms with van der Waals surface area (Å²) in [5.74, 6) is -0.562. The van der Waals surface area contributed by atoms with E-state index in [9.17, 15) is 9.18 Å². The highest BCUT2D eigenvalue weighted by molar-refractivity contribution is 7.14. The van der Waals surface area contributed by atoms with Crippen LogP contribution in [0.2, 0.25) is 4.34 Å². The van der Waals surface area contributed by atoms with E-state index in [-0.39, 0.29) is 17.8 Å². The van der Waals surface area contributed by atoms with Crippen LogP contribution in [-0.2, 0) is 4.79 Å². The molecule has 0 spiro atoms. The summed E-state index contributed by atoms with van der Waals surface area (Å²) in [4.78, 5) is 11.0. The summed E-state index contributed by atoms with van der Waals surface area (Å²) >= 11 is 7.32. The molecule has 0 saturated carbocycles. The molecule has 0 radical (unpaired) electrons. The lowest BCUT2D eigenvalue weighted by Gasteiger charge is -2.15. The van der Waals surface area contributed by atoms with Crippen LogP contribution in [0, 0.1) is 5.82 Å². The number of carbonyl (C=O) groups excluding carboxylic acids is 1. The Morgan fingerprint density at radius 2 is 2.15 bits per heavy atom. The van der Waals surface area contributed by atoms with Crippen LogP contribution in [0.5, 0.6) is 0 Å². The number of anilines is 2. The lowest BCUT2D eigenvalue weighted by atomic mass is 10.1. The van der Waals surface area contributed by atoms with E-state index in [1.807, 2.05) is 18.4 Å². The van der Waals surface area contributed by atoms with Crippen molar-refractivity contribution >= 4 is 40.2 Å². The van der Waals surface area contributed by atoms with Crippen LogP contribution in [0.3, 0.4) is 0 Å². The molecular formula is C14H14ClFN2OS. The second-order valence-corrected chi connectivity index (χ2v) is 5.97. The molecule has 1 amide bonds. The molecule has 0 fully saturated rings. The molecule has 0 saturated heterocycles. The van der Waals surface area contributed by atoms with E-state index < -0.39 is 0 Å². The Morgan fingerprint density at radius 3 is 2.75 bits per heavy atom. The molecule has 0 bridgehead atoms. The molecule has 2 N–H and O–H groups in total. The number of hydrogen-bond donors (Lipinski definition) is 2. The fourth-order valence-electron chi connectivity index (χ4n) is 1.78. The first-order valence-corrected chi connectivity index (χ1v) is 7.29. The van der Waals surface area contributed by atoms with Gasteiger partial charge in [-0.2, -0.15) is 0 Å². The monoisotopic (exact) mass is 312 g/mol. The maximum absolute atomic E-state index is 13.8. The Morgan fingerprint density at radius 1 is 1.40 bits per heavy atom. The van der Waals surface area contributed by atoms with E-state index in [2.05, 4.69) is 10.6 Å². The van der Waals surface area contributed by atoms with Crippen molar-refractivity contribution in [2.45, 2.75) is 19.9 Å². The van der Waals surface area contributed by atoms with E-state index in [0.29, 0.717) is 15.7 Å². The minimum absolute atomic E-state index is 0.0826. The summed E-state index contributed by atoms with van der Waals surface area (Å²) < 4.78 is 14.5. The molecule has 2 rings (SSSR count). The van der Waals surface area contributed by atoms with Crippen molar-refractivity contribution in [1.82, 2.24) is 0 Å².